The fourth-order valence-corrected chi connectivity index (χ4v) is 3.62. The van der Waals surface area contributed by atoms with Crippen LogP contribution in [0, 0.1) is 11.3 Å². The van der Waals surface area contributed by atoms with E-state index in [1.165, 1.54) is 0 Å². The Labute approximate surface area is 164 Å². The lowest BCUT2D eigenvalue weighted by atomic mass is 10.00. The molecule has 0 saturated carbocycles. The van der Waals surface area contributed by atoms with Crippen molar-refractivity contribution >= 4 is 5.91 Å². The second kappa shape index (κ2) is 8.32. The van der Waals surface area contributed by atoms with Gasteiger partial charge in [0.1, 0.15) is 6.04 Å². The molecule has 6 heteroatoms. The Morgan fingerprint density at radius 3 is 2.68 bits per heavy atom. The zero-order chi connectivity index (χ0) is 19.3. The first kappa shape index (κ1) is 18.3. The topological polar surface area (TPSA) is 83.4 Å². The number of nitrogens with zero attached hydrogens (tertiary/aromatic N) is 1. The van der Waals surface area contributed by atoms with Crippen molar-refractivity contribution in [2.24, 2.45) is 0 Å². The van der Waals surface area contributed by atoms with Crippen molar-refractivity contribution in [3.05, 3.63) is 48.0 Å². The molecule has 0 radical (unpaired) electrons. The maximum absolute atomic E-state index is 12.3. The Morgan fingerprint density at radius 2 is 1.93 bits per heavy atom. The van der Waals surface area contributed by atoms with E-state index in [2.05, 4.69) is 16.7 Å². The quantitative estimate of drug-likeness (QED) is 0.837. The number of carbonyl (C=O) groups excluding carboxylic acids is 1. The van der Waals surface area contributed by atoms with Crippen molar-refractivity contribution < 1.29 is 14.3 Å². The van der Waals surface area contributed by atoms with Crippen molar-refractivity contribution in [2.45, 2.75) is 37.8 Å². The summed E-state index contributed by atoms with van der Waals surface area (Å²) >= 11 is 0. The van der Waals surface area contributed by atoms with Crippen LogP contribution in [0.3, 0.4) is 0 Å². The molecular formula is C22H23N3O3. The maximum atomic E-state index is 12.3. The average molecular weight is 377 g/mol. The van der Waals surface area contributed by atoms with Crippen molar-refractivity contribution in [1.29, 1.82) is 5.26 Å². The Kier molecular flexibility index (Phi) is 5.45. The van der Waals surface area contributed by atoms with Gasteiger partial charge in [-0.05, 0) is 48.2 Å². The summed E-state index contributed by atoms with van der Waals surface area (Å²) in [6, 6.07) is 15.4. The summed E-state index contributed by atoms with van der Waals surface area (Å²) in [4.78, 5) is 12.3. The first-order chi connectivity index (χ1) is 13.7. The Hall–Kier alpha value is -3.04. The van der Waals surface area contributed by atoms with E-state index in [0.717, 1.165) is 54.0 Å². The third kappa shape index (κ3) is 4.10. The van der Waals surface area contributed by atoms with E-state index in [0.29, 0.717) is 6.42 Å². The van der Waals surface area contributed by atoms with Gasteiger partial charge in [0.25, 0.3) is 0 Å². The number of carbonyl (C=O) groups is 1. The van der Waals surface area contributed by atoms with Crippen molar-refractivity contribution in [3.63, 3.8) is 0 Å². The molecule has 2 aliphatic heterocycles. The van der Waals surface area contributed by atoms with E-state index in [4.69, 9.17) is 9.47 Å². The minimum atomic E-state index is -0.535. The summed E-state index contributed by atoms with van der Waals surface area (Å²) in [6.45, 7) is 1.12. The van der Waals surface area contributed by atoms with Gasteiger partial charge in [0.2, 0.25) is 12.7 Å². The van der Waals surface area contributed by atoms with Gasteiger partial charge < -0.3 is 20.1 Å². The monoisotopic (exact) mass is 377 g/mol. The number of nitriles is 1. The molecule has 0 unspecified atom stereocenters. The number of hydrogen-bond acceptors (Lipinski definition) is 5. The predicted octanol–water partition coefficient (Wildman–Crippen LogP) is 2.78. The third-order valence-electron chi connectivity index (χ3n) is 5.20. The Morgan fingerprint density at radius 1 is 1.14 bits per heavy atom. The van der Waals surface area contributed by atoms with Crippen LogP contribution in [0.2, 0.25) is 0 Å². The Balaban J connectivity index is 1.39. The SMILES string of the molecule is N#C[C@H](Cc1ccc(-c2ccc3c(c2)OCO3)cc1)NC(=O)[C@@H]1CCCCN1. The van der Waals surface area contributed by atoms with Crippen LogP contribution in [-0.2, 0) is 11.2 Å². The molecule has 2 aromatic rings. The maximum Gasteiger partial charge on any atom is 0.238 e. The highest BCUT2D eigenvalue weighted by Gasteiger charge is 2.23. The second-order valence-corrected chi connectivity index (χ2v) is 7.16. The fourth-order valence-electron chi connectivity index (χ4n) is 3.62. The number of ether oxygens (including phenoxy) is 2. The number of hydrogen-bond donors (Lipinski definition) is 2. The highest BCUT2D eigenvalue weighted by molar-refractivity contribution is 5.82. The third-order valence-corrected chi connectivity index (χ3v) is 5.20. The molecule has 0 bridgehead atoms. The average Bonchev–Trinajstić information content (AvgIpc) is 3.22. The van der Waals surface area contributed by atoms with Gasteiger partial charge in [0, 0.05) is 6.42 Å². The van der Waals surface area contributed by atoms with Gasteiger partial charge >= 0.3 is 0 Å². The van der Waals surface area contributed by atoms with E-state index < -0.39 is 6.04 Å². The van der Waals surface area contributed by atoms with E-state index in [-0.39, 0.29) is 18.7 Å². The van der Waals surface area contributed by atoms with Crippen LogP contribution in [0.25, 0.3) is 11.1 Å². The molecule has 0 spiro atoms. The predicted molar refractivity (Wildman–Crippen MR) is 105 cm³/mol. The van der Waals surface area contributed by atoms with Gasteiger partial charge in [0.05, 0.1) is 12.1 Å². The number of benzene rings is 2. The molecular weight excluding hydrogens is 354 g/mol. The van der Waals surface area contributed by atoms with Gasteiger partial charge in [0.15, 0.2) is 11.5 Å². The molecule has 1 saturated heterocycles. The molecule has 0 aromatic heterocycles. The highest BCUT2D eigenvalue weighted by atomic mass is 16.7. The smallest absolute Gasteiger partial charge is 0.238 e. The van der Waals surface area contributed by atoms with Crippen molar-refractivity contribution in [2.75, 3.05) is 13.3 Å². The zero-order valence-electron chi connectivity index (χ0n) is 15.6. The van der Waals surface area contributed by atoms with E-state index in [9.17, 15) is 10.1 Å². The molecule has 1 amide bonds. The standard InChI is InChI=1S/C22H23N3O3/c23-13-18(25-22(26)19-3-1-2-10-24-19)11-15-4-6-16(7-5-15)17-8-9-20-21(12-17)28-14-27-20/h4-9,12,18-19,24H,1-3,10-11,14H2,(H,25,26)/t18-,19-/m0/s1. The van der Waals surface area contributed by atoms with Gasteiger partial charge in [-0.25, -0.2) is 0 Å². The molecule has 4 rings (SSSR count). The van der Waals surface area contributed by atoms with Crippen LogP contribution in [0.15, 0.2) is 42.5 Å². The minimum Gasteiger partial charge on any atom is -0.454 e. The largest absolute Gasteiger partial charge is 0.454 e. The zero-order valence-corrected chi connectivity index (χ0v) is 15.6. The van der Waals surface area contributed by atoms with E-state index in [1.807, 2.05) is 42.5 Å². The van der Waals surface area contributed by atoms with Gasteiger partial charge in [-0.1, -0.05) is 36.8 Å². The summed E-state index contributed by atoms with van der Waals surface area (Å²) in [5.41, 5.74) is 3.11. The number of piperidine rings is 1. The molecule has 2 aromatic carbocycles. The van der Waals surface area contributed by atoms with Crippen molar-refractivity contribution in [1.82, 2.24) is 10.6 Å². The number of amides is 1. The second-order valence-electron chi connectivity index (χ2n) is 7.16. The number of nitrogens with one attached hydrogen (secondary N) is 2. The van der Waals surface area contributed by atoms with E-state index in [1.54, 1.807) is 0 Å². The lowest BCUT2D eigenvalue weighted by Crippen LogP contribution is -2.49. The van der Waals surface area contributed by atoms with Crippen LogP contribution in [0.1, 0.15) is 24.8 Å². The molecule has 2 aliphatic rings. The first-order valence-corrected chi connectivity index (χ1v) is 9.65. The minimum absolute atomic E-state index is 0.0803. The van der Waals surface area contributed by atoms with Crippen LogP contribution in [0.4, 0.5) is 0 Å². The molecule has 2 N–H and O–H groups in total. The normalized spacial score (nSPS) is 18.9. The summed E-state index contributed by atoms with van der Waals surface area (Å²) in [7, 11) is 0. The molecule has 28 heavy (non-hydrogen) atoms. The van der Waals surface area contributed by atoms with Gasteiger partial charge in [-0.15, -0.1) is 0 Å². The van der Waals surface area contributed by atoms with Crippen LogP contribution in [-0.4, -0.2) is 31.3 Å². The van der Waals surface area contributed by atoms with Gasteiger partial charge in [-0.2, -0.15) is 5.26 Å². The molecule has 6 nitrogen and oxygen atoms in total. The lowest BCUT2D eigenvalue weighted by Gasteiger charge is -2.23. The number of fused-ring (bicyclic) bond motifs is 1. The fraction of sp³-hybridized carbons (Fsp3) is 0.364. The molecule has 2 heterocycles. The van der Waals surface area contributed by atoms with Gasteiger partial charge in [-0.3, -0.25) is 4.79 Å². The summed E-state index contributed by atoms with van der Waals surface area (Å²) in [5, 5.41) is 15.5. The molecule has 0 aliphatic carbocycles. The molecule has 2 atom stereocenters. The summed E-state index contributed by atoms with van der Waals surface area (Å²) in [6.07, 6.45) is 3.45. The lowest BCUT2D eigenvalue weighted by molar-refractivity contribution is -0.124. The first-order valence-electron chi connectivity index (χ1n) is 9.65. The summed E-state index contributed by atoms with van der Waals surface area (Å²) < 4.78 is 10.8. The molecule has 144 valence electrons. The van der Waals surface area contributed by atoms with Crippen molar-refractivity contribution in [3.8, 4) is 28.7 Å². The molecule has 1 fully saturated rings. The van der Waals surface area contributed by atoms with Crippen LogP contribution >= 0.6 is 0 Å². The Bertz CT molecular complexity index is 883. The van der Waals surface area contributed by atoms with E-state index >= 15 is 0 Å². The number of rotatable bonds is 5. The summed E-state index contributed by atoms with van der Waals surface area (Å²) in [5.74, 6) is 1.44. The highest BCUT2D eigenvalue weighted by Crippen LogP contribution is 2.35. The van der Waals surface area contributed by atoms with Crippen LogP contribution in [0.5, 0.6) is 11.5 Å². The van der Waals surface area contributed by atoms with Crippen LogP contribution < -0.4 is 20.1 Å².